The second kappa shape index (κ2) is 11.5. The first-order valence-electron chi connectivity index (χ1n) is 14.3. The number of hydrogen-bond donors (Lipinski definition) is 3. The summed E-state index contributed by atoms with van der Waals surface area (Å²) in [5, 5.41) is 6.68. The molecule has 12 nitrogen and oxygen atoms in total. The number of rotatable bonds is 6. The topological polar surface area (TPSA) is 143 Å². The van der Waals surface area contributed by atoms with E-state index in [9.17, 15) is 9.59 Å². The van der Waals surface area contributed by atoms with Gasteiger partial charge in [-0.05, 0) is 72.2 Å². The molecule has 0 bridgehead atoms. The van der Waals surface area contributed by atoms with Gasteiger partial charge in [-0.1, -0.05) is 0 Å². The minimum absolute atomic E-state index is 0.129. The average Bonchev–Trinajstić information content (AvgIpc) is 3.36. The van der Waals surface area contributed by atoms with E-state index < -0.39 is 5.60 Å². The molecule has 0 spiro atoms. The van der Waals surface area contributed by atoms with Gasteiger partial charge < -0.3 is 24.9 Å². The Balaban J connectivity index is 1.47. The first-order valence-corrected chi connectivity index (χ1v) is 14.3. The number of carbonyl (C=O) groups excluding carboxylic acids is 1. The third-order valence-electron chi connectivity index (χ3n) is 7.16. The fourth-order valence-corrected chi connectivity index (χ4v) is 5.06. The highest BCUT2D eigenvalue weighted by molar-refractivity contribution is 5.85. The van der Waals surface area contributed by atoms with Gasteiger partial charge in [0.1, 0.15) is 11.1 Å². The average molecular weight is 574 g/mol. The van der Waals surface area contributed by atoms with E-state index in [1.807, 2.05) is 57.4 Å². The Morgan fingerprint density at radius 2 is 1.98 bits per heavy atom. The third kappa shape index (κ3) is 6.13. The molecule has 1 saturated heterocycles. The molecule has 1 fully saturated rings. The van der Waals surface area contributed by atoms with E-state index >= 15 is 0 Å². The van der Waals surface area contributed by atoms with Crippen LogP contribution in [0.15, 0.2) is 35.5 Å². The quantitative estimate of drug-likeness (QED) is 0.308. The molecule has 1 unspecified atom stereocenters. The molecule has 5 rings (SSSR count). The minimum Gasteiger partial charge on any atom is -0.444 e. The Kier molecular flexibility index (Phi) is 8.00. The van der Waals surface area contributed by atoms with Gasteiger partial charge in [-0.3, -0.25) is 14.7 Å². The Bertz CT molecular complexity index is 1650. The van der Waals surface area contributed by atoms with Crippen molar-refractivity contribution in [2.45, 2.75) is 72.7 Å². The monoisotopic (exact) mass is 573 g/mol. The van der Waals surface area contributed by atoms with Crippen molar-refractivity contribution in [2.24, 2.45) is 0 Å². The lowest BCUT2D eigenvalue weighted by Gasteiger charge is -2.36. The first-order chi connectivity index (χ1) is 19.9. The molecular formula is C30H39N9O3. The maximum absolute atomic E-state index is 12.9. The Morgan fingerprint density at radius 3 is 2.64 bits per heavy atom. The zero-order valence-electron chi connectivity index (χ0n) is 25.3. The predicted octanol–water partition coefficient (Wildman–Crippen LogP) is 4.27. The van der Waals surface area contributed by atoms with Crippen molar-refractivity contribution < 1.29 is 9.53 Å². The lowest BCUT2D eigenvalue weighted by molar-refractivity contribution is 0.0113. The molecular weight excluding hydrogens is 534 g/mol. The van der Waals surface area contributed by atoms with E-state index in [4.69, 9.17) is 19.7 Å². The number of hydrogen-bond acceptors (Lipinski definition) is 9. The molecule has 1 amide bonds. The number of H-pyrrole nitrogens is 1. The Labute approximate surface area is 245 Å². The number of nitrogens with zero attached hydrogens (tertiary/aromatic N) is 6. The van der Waals surface area contributed by atoms with Crippen LogP contribution in [0.1, 0.15) is 69.2 Å². The number of fused-ring (bicyclic) bond motifs is 1. The number of aromatic amines is 1. The van der Waals surface area contributed by atoms with Gasteiger partial charge in [0, 0.05) is 55.2 Å². The number of amides is 1. The highest BCUT2D eigenvalue weighted by Gasteiger charge is 2.32. The molecule has 1 aliphatic heterocycles. The number of anilines is 1. The molecule has 1 aliphatic rings. The maximum Gasteiger partial charge on any atom is 0.410 e. The van der Waals surface area contributed by atoms with Crippen molar-refractivity contribution in [3.05, 3.63) is 63.6 Å². The van der Waals surface area contributed by atoms with Crippen molar-refractivity contribution in [1.29, 1.82) is 0 Å². The van der Waals surface area contributed by atoms with Gasteiger partial charge in [-0.15, -0.1) is 0 Å². The number of aromatic nitrogens is 6. The van der Waals surface area contributed by atoms with Gasteiger partial charge in [-0.25, -0.2) is 19.7 Å². The molecule has 0 aromatic carbocycles. The number of nitrogens with one attached hydrogen (secondary N) is 3. The summed E-state index contributed by atoms with van der Waals surface area (Å²) in [5.74, 6) is 1.01. The Morgan fingerprint density at radius 1 is 1.19 bits per heavy atom. The van der Waals surface area contributed by atoms with Crippen molar-refractivity contribution in [3.8, 4) is 11.4 Å². The summed E-state index contributed by atoms with van der Waals surface area (Å²) in [6, 6.07) is 5.64. The van der Waals surface area contributed by atoms with Gasteiger partial charge in [0.2, 0.25) is 0 Å². The van der Waals surface area contributed by atoms with Crippen LogP contribution in [0.2, 0.25) is 0 Å². The number of pyridine rings is 2. The van der Waals surface area contributed by atoms with E-state index in [1.165, 1.54) is 0 Å². The van der Waals surface area contributed by atoms with Crippen LogP contribution in [0.5, 0.6) is 0 Å². The van der Waals surface area contributed by atoms with Crippen LogP contribution in [-0.4, -0.2) is 65.7 Å². The first kappa shape index (κ1) is 29.2. The molecule has 222 valence electrons. The largest absolute Gasteiger partial charge is 0.444 e. The molecule has 1 atom stereocenters. The van der Waals surface area contributed by atoms with Crippen molar-refractivity contribution >= 4 is 23.1 Å². The smallest absolute Gasteiger partial charge is 0.410 e. The summed E-state index contributed by atoms with van der Waals surface area (Å²) >= 11 is 0. The Hall–Kier alpha value is -4.32. The molecule has 12 heteroatoms. The molecule has 5 heterocycles. The highest BCUT2D eigenvalue weighted by Crippen LogP contribution is 2.28. The molecule has 0 saturated carbocycles. The second-order valence-corrected chi connectivity index (χ2v) is 12.0. The minimum atomic E-state index is -0.584. The van der Waals surface area contributed by atoms with Gasteiger partial charge in [0.05, 0.1) is 18.1 Å². The summed E-state index contributed by atoms with van der Waals surface area (Å²) in [7, 11) is 0. The number of carbonyl (C=O) groups is 1. The summed E-state index contributed by atoms with van der Waals surface area (Å²) in [6.07, 6.45) is 3.13. The fourth-order valence-electron chi connectivity index (χ4n) is 5.06. The third-order valence-corrected chi connectivity index (χ3v) is 7.16. The van der Waals surface area contributed by atoms with Crippen LogP contribution in [0.3, 0.4) is 0 Å². The molecule has 0 aliphatic carbocycles. The normalized spacial score (nSPS) is 15.8. The lowest BCUT2D eigenvalue weighted by Crippen LogP contribution is -2.50. The van der Waals surface area contributed by atoms with Crippen LogP contribution in [0.25, 0.3) is 22.6 Å². The van der Waals surface area contributed by atoms with E-state index in [-0.39, 0.29) is 30.3 Å². The zero-order valence-corrected chi connectivity index (χ0v) is 25.3. The molecule has 3 N–H and O–H groups in total. The predicted molar refractivity (Wildman–Crippen MR) is 161 cm³/mol. The lowest BCUT2D eigenvalue weighted by atomic mass is 10.1. The maximum atomic E-state index is 12.9. The zero-order chi connectivity index (χ0) is 30.2. The summed E-state index contributed by atoms with van der Waals surface area (Å²) in [6.45, 7) is 15.6. The fraction of sp³-hybridized carbons (Fsp3) is 0.467. The number of aryl methyl sites for hydroxylation is 2. The number of ether oxygens (including phenoxy) is 1. The number of imidazole rings is 1. The summed E-state index contributed by atoms with van der Waals surface area (Å²) in [5.41, 5.74) is 4.42. The van der Waals surface area contributed by atoms with Crippen LogP contribution < -0.4 is 16.2 Å². The second-order valence-electron chi connectivity index (χ2n) is 12.0. The van der Waals surface area contributed by atoms with Crippen LogP contribution in [0, 0.1) is 13.8 Å². The van der Waals surface area contributed by atoms with E-state index in [0.29, 0.717) is 48.0 Å². The van der Waals surface area contributed by atoms with Gasteiger partial charge in [-0.2, -0.15) is 0 Å². The van der Waals surface area contributed by atoms with E-state index in [2.05, 4.69) is 34.4 Å². The standard InChI is InChI=1S/C30H39N9O3/c1-17(2)39-16-34-24-26(33-14-21-18(3)12-19(4)35-28(21)40)36-25(37-27(24)39)20-8-9-22(32-13-20)23-15-31-10-11-38(23)29(41)42-30(5,6)7/h8-9,12-13,16-17,23,31H,10-11,14-15H2,1-7H3,(H,35,40)(H,33,36,37). The van der Waals surface area contributed by atoms with Gasteiger partial charge >= 0.3 is 6.09 Å². The van der Waals surface area contributed by atoms with Crippen LogP contribution in [0.4, 0.5) is 10.6 Å². The summed E-state index contributed by atoms with van der Waals surface area (Å²) in [4.78, 5) is 49.1. The van der Waals surface area contributed by atoms with Gasteiger partial charge in [0.15, 0.2) is 17.3 Å². The van der Waals surface area contributed by atoms with Crippen LogP contribution >= 0.6 is 0 Å². The van der Waals surface area contributed by atoms with Crippen molar-refractivity contribution in [1.82, 2.24) is 39.7 Å². The highest BCUT2D eigenvalue weighted by atomic mass is 16.6. The number of piperazine rings is 1. The molecule has 4 aromatic heterocycles. The van der Waals surface area contributed by atoms with Crippen LogP contribution in [-0.2, 0) is 11.3 Å². The van der Waals surface area contributed by atoms with Crippen molar-refractivity contribution in [2.75, 3.05) is 25.0 Å². The molecule has 0 radical (unpaired) electrons. The summed E-state index contributed by atoms with van der Waals surface area (Å²) < 4.78 is 7.64. The van der Waals surface area contributed by atoms with E-state index in [0.717, 1.165) is 22.5 Å². The molecule has 42 heavy (non-hydrogen) atoms. The van der Waals surface area contributed by atoms with Gasteiger partial charge in [0.25, 0.3) is 5.56 Å². The van der Waals surface area contributed by atoms with E-state index in [1.54, 1.807) is 17.4 Å². The molecule has 4 aromatic rings. The van der Waals surface area contributed by atoms with Crippen molar-refractivity contribution in [3.63, 3.8) is 0 Å². The SMILES string of the molecule is Cc1cc(C)c(CNc2nc(-c3ccc(C4CNCCN4C(=O)OC(C)(C)C)nc3)nc3c2ncn3C(C)C)c(=O)[nH]1.